The highest BCUT2D eigenvalue weighted by molar-refractivity contribution is 5.66. The van der Waals surface area contributed by atoms with Crippen molar-refractivity contribution in [2.45, 2.75) is 0 Å². The number of nitrogens with zero attached hydrogens (tertiary/aromatic N) is 3. The summed E-state index contributed by atoms with van der Waals surface area (Å²) in [6, 6.07) is 14.7. The Morgan fingerprint density at radius 3 is 2.62 bits per heavy atom. The molecule has 1 aliphatic heterocycles. The molecule has 4 heteroatoms. The Hall–Kier alpha value is -2.33. The molecule has 0 atom stereocenters. The lowest BCUT2D eigenvalue weighted by molar-refractivity contribution is 0.122. The Morgan fingerprint density at radius 1 is 1.00 bits per heavy atom. The van der Waals surface area contributed by atoms with Gasteiger partial charge < -0.3 is 9.64 Å². The van der Waals surface area contributed by atoms with E-state index < -0.39 is 0 Å². The van der Waals surface area contributed by atoms with Crippen LogP contribution in [0.4, 0.5) is 5.69 Å². The number of ether oxygens (including phenoxy) is 1. The predicted molar refractivity (Wildman–Crippen MR) is 83.7 cm³/mol. The normalized spacial score (nSPS) is 15.5. The van der Waals surface area contributed by atoms with Crippen molar-refractivity contribution in [3.8, 4) is 11.3 Å². The van der Waals surface area contributed by atoms with Gasteiger partial charge in [0.25, 0.3) is 0 Å². The molecule has 0 aliphatic carbocycles. The molecule has 1 aliphatic rings. The molecule has 0 radical (unpaired) electrons. The van der Waals surface area contributed by atoms with Crippen molar-refractivity contribution in [1.29, 1.82) is 0 Å². The number of hydrogen-bond acceptors (Lipinski definition) is 3. The third-order valence-corrected chi connectivity index (χ3v) is 3.94. The van der Waals surface area contributed by atoms with Gasteiger partial charge in [0, 0.05) is 36.6 Å². The van der Waals surface area contributed by atoms with Crippen LogP contribution in [0, 0.1) is 0 Å². The Balaban J connectivity index is 1.74. The van der Waals surface area contributed by atoms with Crippen molar-refractivity contribution in [3.63, 3.8) is 0 Å². The van der Waals surface area contributed by atoms with Gasteiger partial charge in [-0.1, -0.05) is 30.3 Å². The van der Waals surface area contributed by atoms with E-state index in [1.165, 1.54) is 11.3 Å². The highest BCUT2D eigenvalue weighted by Crippen LogP contribution is 2.24. The van der Waals surface area contributed by atoms with Crippen LogP contribution in [-0.2, 0) is 4.74 Å². The first kappa shape index (κ1) is 12.4. The zero-order valence-electron chi connectivity index (χ0n) is 11.8. The number of rotatable bonds is 2. The summed E-state index contributed by atoms with van der Waals surface area (Å²) in [6.07, 6.45) is 4.04. The summed E-state index contributed by atoms with van der Waals surface area (Å²) in [5.74, 6) is 0. The van der Waals surface area contributed by atoms with Crippen molar-refractivity contribution < 1.29 is 4.74 Å². The molecule has 3 heterocycles. The van der Waals surface area contributed by atoms with Crippen molar-refractivity contribution >= 4 is 11.3 Å². The second-order valence-electron chi connectivity index (χ2n) is 5.22. The van der Waals surface area contributed by atoms with E-state index in [-0.39, 0.29) is 0 Å². The first-order valence-electron chi connectivity index (χ1n) is 7.27. The molecule has 2 aromatic heterocycles. The molecule has 0 N–H and O–H groups in total. The molecule has 1 aromatic carbocycles. The zero-order chi connectivity index (χ0) is 14.1. The van der Waals surface area contributed by atoms with Crippen molar-refractivity contribution in [1.82, 2.24) is 9.38 Å². The zero-order valence-corrected chi connectivity index (χ0v) is 11.8. The fraction of sp³-hybridized carbons (Fsp3) is 0.235. The molecule has 3 aromatic rings. The van der Waals surface area contributed by atoms with Crippen LogP contribution in [0.5, 0.6) is 0 Å². The maximum Gasteiger partial charge on any atom is 0.139 e. The molecular weight excluding hydrogens is 262 g/mol. The van der Waals surface area contributed by atoms with Gasteiger partial charge in [-0.2, -0.15) is 0 Å². The van der Waals surface area contributed by atoms with E-state index in [0.717, 1.165) is 37.6 Å². The fourth-order valence-electron chi connectivity index (χ4n) is 2.81. The quantitative estimate of drug-likeness (QED) is 0.722. The molecule has 1 saturated heterocycles. The standard InChI is InChI=1S/C17H17N3O/c1-2-4-14(5-3-1)16-13-18-17-12-15(6-7-20(16)17)19-8-10-21-11-9-19/h1-7,12-13H,8-11H2. The first-order valence-corrected chi connectivity index (χ1v) is 7.27. The summed E-state index contributed by atoms with van der Waals surface area (Å²) in [4.78, 5) is 6.90. The number of pyridine rings is 1. The summed E-state index contributed by atoms with van der Waals surface area (Å²) in [5, 5.41) is 0. The van der Waals surface area contributed by atoms with E-state index in [2.05, 4.69) is 56.9 Å². The molecule has 106 valence electrons. The van der Waals surface area contributed by atoms with Gasteiger partial charge in [-0.3, -0.25) is 4.40 Å². The summed E-state index contributed by atoms with van der Waals surface area (Å²) < 4.78 is 7.55. The van der Waals surface area contributed by atoms with Crippen LogP contribution in [0.1, 0.15) is 0 Å². The second-order valence-corrected chi connectivity index (χ2v) is 5.22. The molecule has 0 spiro atoms. The van der Waals surface area contributed by atoms with Crippen molar-refractivity contribution in [3.05, 3.63) is 54.9 Å². The van der Waals surface area contributed by atoms with Crippen LogP contribution in [0.15, 0.2) is 54.9 Å². The highest BCUT2D eigenvalue weighted by Gasteiger charge is 2.13. The monoisotopic (exact) mass is 279 g/mol. The van der Waals surface area contributed by atoms with Gasteiger partial charge in [0.05, 0.1) is 25.1 Å². The maximum atomic E-state index is 5.41. The van der Waals surface area contributed by atoms with Crippen LogP contribution >= 0.6 is 0 Å². The van der Waals surface area contributed by atoms with Crippen LogP contribution in [-0.4, -0.2) is 35.7 Å². The minimum absolute atomic E-state index is 0.800. The third kappa shape index (κ3) is 2.28. The van der Waals surface area contributed by atoms with Gasteiger partial charge in [0.1, 0.15) is 5.65 Å². The number of anilines is 1. The van der Waals surface area contributed by atoms with Gasteiger partial charge >= 0.3 is 0 Å². The average Bonchev–Trinajstić information content (AvgIpc) is 2.99. The number of benzene rings is 1. The lowest BCUT2D eigenvalue weighted by Crippen LogP contribution is -2.36. The van der Waals surface area contributed by atoms with Gasteiger partial charge in [-0.15, -0.1) is 0 Å². The summed E-state index contributed by atoms with van der Waals surface area (Å²) >= 11 is 0. The predicted octanol–water partition coefficient (Wildman–Crippen LogP) is 2.84. The lowest BCUT2D eigenvalue weighted by atomic mass is 10.2. The summed E-state index contributed by atoms with van der Waals surface area (Å²) in [6.45, 7) is 3.49. The Kier molecular flexibility index (Phi) is 3.09. The topological polar surface area (TPSA) is 29.8 Å². The fourth-order valence-corrected chi connectivity index (χ4v) is 2.81. The summed E-state index contributed by atoms with van der Waals surface area (Å²) in [5.41, 5.74) is 4.51. The van der Waals surface area contributed by atoms with Gasteiger partial charge in [-0.25, -0.2) is 4.98 Å². The van der Waals surface area contributed by atoms with E-state index in [1.54, 1.807) is 0 Å². The molecule has 0 bridgehead atoms. The number of imidazole rings is 1. The van der Waals surface area contributed by atoms with Crippen molar-refractivity contribution in [2.24, 2.45) is 0 Å². The van der Waals surface area contributed by atoms with Gasteiger partial charge in [0.15, 0.2) is 0 Å². The SMILES string of the molecule is c1ccc(-c2cnc3cc(N4CCOCC4)ccn23)cc1. The van der Waals surface area contributed by atoms with Crippen LogP contribution in [0.2, 0.25) is 0 Å². The Labute approximate surface area is 123 Å². The Bertz CT molecular complexity index is 745. The second kappa shape index (κ2) is 5.22. The molecular formula is C17H17N3O. The van der Waals surface area contributed by atoms with Crippen molar-refractivity contribution in [2.75, 3.05) is 31.2 Å². The number of fused-ring (bicyclic) bond motifs is 1. The molecule has 0 saturated carbocycles. The van der Waals surface area contributed by atoms with Gasteiger partial charge in [0.2, 0.25) is 0 Å². The molecule has 21 heavy (non-hydrogen) atoms. The highest BCUT2D eigenvalue weighted by atomic mass is 16.5. The largest absolute Gasteiger partial charge is 0.378 e. The minimum atomic E-state index is 0.800. The van der Waals surface area contributed by atoms with Crippen LogP contribution in [0.25, 0.3) is 16.9 Å². The maximum absolute atomic E-state index is 5.41. The van der Waals surface area contributed by atoms with E-state index in [9.17, 15) is 0 Å². The van der Waals surface area contributed by atoms with E-state index in [1.807, 2.05) is 12.3 Å². The summed E-state index contributed by atoms with van der Waals surface area (Å²) in [7, 11) is 0. The first-order chi connectivity index (χ1) is 10.4. The number of aromatic nitrogens is 2. The minimum Gasteiger partial charge on any atom is -0.378 e. The molecule has 4 nitrogen and oxygen atoms in total. The average molecular weight is 279 g/mol. The molecule has 0 amide bonds. The van der Waals surface area contributed by atoms with Crippen LogP contribution < -0.4 is 4.90 Å². The lowest BCUT2D eigenvalue weighted by Gasteiger charge is -2.28. The van der Waals surface area contributed by atoms with E-state index in [0.29, 0.717) is 0 Å². The third-order valence-electron chi connectivity index (χ3n) is 3.94. The molecule has 4 rings (SSSR count). The van der Waals surface area contributed by atoms with Gasteiger partial charge in [-0.05, 0) is 6.07 Å². The van der Waals surface area contributed by atoms with Crippen LogP contribution in [0.3, 0.4) is 0 Å². The Morgan fingerprint density at radius 2 is 1.81 bits per heavy atom. The smallest absolute Gasteiger partial charge is 0.139 e. The molecule has 1 fully saturated rings. The molecule has 0 unspecified atom stereocenters. The number of hydrogen-bond donors (Lipinski definition) is 0. The van der Waals surface area contributed by atoms with E-state index >= 15 is 0 Å². The number of morpholine rings is 1. The van der Waals surface area contributed by atoms with E-state index in [4.69, 9.17) is 4.74 Å².